The van der Waals surface area contributed by atoms with Gasteiger partial charge in [0.1, 0.15) is 11.3 Å². The third kappa shape index (κ3) is 3.97. The van der Waals surface area contributed by atoms with Crippen LogP contribution in [-0.2, 0) is 13.2 Å². The van der Waals surface area contributed by atoms with E-state index in [4.69, 9.17) is 10.5 Å². The van der Waals surface area contributed by atoms with Crippen molar-refractivity contribution < 1.29 is 31.5 Å². The predicted octanol–water partition coefficient (Wildman–Crippen LogP) is 5.00. The molecule has 2 N–H and O–H groups in total. The Hall–Kier alpha value is -3.08. The van der Waals surface area contributed by atoms with Crippen molar-refractivity contribution in [3.63, 3.8) is 0 Å². The molecule has 11 heteroatoms. The van der Waals surface area contributed by atoms with E-state index < -0.39 is 40.7 Å². The van der Waals surface area contributed by atoms with Crippen molar-refractivity contribution in [1.82, 2.24) is 9.78 Å². The summed E-state index contributed by atoms with van der Waals surface area (Å²) in [5.41, 5.74) is 3.57. The summed E-state index contributed by atoms with van der Waals surface area (Å²) < 4.78 is 74.2. The minimum atomic E-state index is -4.63. The first-order chi connectivity index (χ1) is 14.0. The van der Waals surface area contributed by atoms with E-state index in [2.05, 4.69) is 5.10 Å². The fourth-order valence-electron chi connectivity index (χ4n) is 2.87. The zero-order valence-corrected chi connectivity index (χ0v) is 16.4. The Bertz CT molecular complexity index is 1130. The summed E-state index contributed by atoms with van der Waals surface area (Å²) in [5.74, 6) is -4.17. The highest BCUT2D eigenvalue weighted by molar-refractivity contribution is 7.98. The van der Waals surface area contributed by atoms with Crippen LogP contribution in [0, 0.1) is 11.6 Å². The number of aromatic nitrogens is 2. The van der Waals surface area contributed by atoms with Crippen molar-refractivity contribution in [1.29, 1.82) is 0 Å². The van der Waals surface area contributed by atoms with Crippen LogP contribution in [0.3, 0.4) is 0 Å². The summed E-state index contributed by atoms with van der Waals surface area (Å²) in [5, 5.41) is 3.93. The number of nitrogens with zero attached hydrogens (tertiary/aromatic N) is 2. The molecular weight excluding hydrogens is 429 g/mol. The molecule has 2 aromatic carbocycles. The quantitative estimate of drug-likeness (QED) is 0.445. The molecule has 0 radical (unpaired) electrons. The number of hydrogen-bond acceptors (Lipinski definition) is 4. The highest BCUT2D eigenvalue weighted by Gasteiger charge is 2.34. The topological polar surface area (TPSA) is 70.1 Å². The average molecular weight is 443 g/mol. The maximum atomic E-state index is 14.3. The SMILES string of the molecule is CSc1ccc(Oc2nn(C)c(-c3cccc(F)c3F)c2C(N)=O)cc1C(F)(F)F. The summed E-state index contributed by atoms with van der Waals surface area (Å²) in [6.45, 7) is 0. The van der Waals surface area contributed by atoms with Crippen LogP contribution in [0.25, 0.3) is 11.3 Å². The molecule has 0 atom stereocenters. The van der Waals surface area contributed by atoms with Gasteiger partial charge in [0.25, 0.3) is 11.8 Å². The van der Waals surface area contributed by atoms with Crippen molar-refractivity contribution >= 4 is 17.7 Å². The van der Waals surface area contributed by atoms with Gasteiger partial charge in [0.05, 0.1) is 11.3 Å². The Morgan fingerprint density at radius 1 is 1.20 bits per heavy atom. The van der Waals surface area contributed by atoms with E-state index in [1.165, 1.54) is 37.6 Å². The fraction of sp³-hybridized carbons (Fsp3) is 0.158. The molecule has 0 spiro atoms. The lowest BCUT2D eigenvalue weighted by Crippen LogP contribution is -2.13. The van der Waals surface area contributed by atoms with E-state index in [1.54, 1.807) is 0 Å². The number of rotatable bonds is 5. The van der Waals surface area contributed by atoms with Gasteiger partial charge < -0.3 is 10.5 Å². The molecule has 158 valence electrons. The Kier molecular flexibility index (Phi) is 5.75. The van der Waals surface area contributed by atoms with E-state index in [0.29, 0.717) is 0 Å². The van der Waals surface area contributed by atoms with Crippen molar-refractivity contribution in [3.05, 3.63) is 59.2 Å². The first-order valence-electron chi connectivity index (χ1n) is 8.28. The van der Waals surface area contributed by atoms with Gasteiger partial charge in [0.2, 0.25) is 0 Å². The molecule has 0 unspecified atom stereocenters. The van der Waals surface area contributed by atoms with Gasteiger partial charge in [-0.1, -0.05) is 6.07 Å². The maximum absolute atomic E-state index is 14.3. The van der Waals surface area contributed by atoms with Gasteiger partial charge in [-0.05, 0) is 36.6 Å². The molecule has 30 heavy (non-hydrogen) atoms. The summed E-state index contributed by atoms with van der Waals surface area (Å²) in [7, 11) is 1.33. The Balaban J connectivity index is 2.13. The second-order valence-electron chi connectivity index (χ2n) is 6.08. The van der Waals surface area contributed by atoms with Crippen LogP contribution in [0.1, 0.15) is 15.9 Å². The summed E-state index contributed by atoms with van der Waals surface area (Å²) in [6, 6.07) is 6.56. The van der Waals surface area contributed by atoms with Gasteiger partial charge in [-0.25, -0.2) is 8.78 Å². The van der Waals surface area contributed by atoms with Crippen LogP contribution >= 0.6 is 11.8 Å². The van der Waals surface area contributed by atoms with Gasteiger partial charge in [-0.2, -0.15) is 13.2 Å². The van der Waals surface area contributed by atoms with Gasteiger partial charge >= 0.3 is 6.18 Å². The first kappa shape index (κ1) is 21.6. The molecule has 0 bridgehead atoms. The minimum absolute atomic E-state index is 0.0199. The van der Waals surface area contributed by atoms with E-state index >= 15 is 0 Å². The van der Waals surface area contributed by atoms with Crippen molar-refractivity contribution in [2.24, 2.45) is 12.8 Å². The number of alkyl halides is 3. The van der Waals surface area contributed by atoms with Gasteiger partial charge in [0, 0.05) is 17.5 Å². The van der Waals surface area contributed by atoms with Gasteiger partial charge in [-0.3, -0.25) is 9.48 Å². The molecule has 0 aliphatic heterocycles. The predicted molar refractivity (Wildman–Crippen MR) is 100 cm³/mol. The first-order valence-corrected chi connectivity index (χ1v) is 9.51. The molecular formula is C19H14F5N3O2S. The molecule has 0 aliphatic rings. The fourth-order valence-corrected chi connectivity index (χ4v) is 3.47. The summed E-state index contributed by atoms with van der Waals surface area (Å²) in [4.78, 5) is 12.0. The molecule has 0 aliphatic carbocycles. The van der Waals surface area contributed by atoms with E-state index in [-0.39, 0.29) is 21.9 Å². The molecule has 3 aromatic rings. The number of primary amides is 1. The van der Waals surface area contributed by atoms with Crippen LogP contribution in [0.4, 0.5) is 22.0 Å². The van der Waals surface area contributed by atoms with Crippen LogP contribution in [0.15, 0.2) is 41.3 Å². The highest BCUT2D eigenvalue weighted by atomic mass is 32.2. The number of carbonyl (C=O) groups excluding carboxylic acids is 1. The molecule has 3 rings (SSSR count). The zero-order valence-electron chi connectivity index (χ0n) is 15.6. The van der Waals surface area contributed by atoms with E-state index in [1.807, 2.05) is 0 Å². The second kappa shape index (κ2) is 7.98. The molecule has 1 heterocycles. The molecule has 5 nitrogen and oxygen atoms in total. The van der Waals surface area contributed by atoms with Crippen LogP contribution in [0.2, 0.25) is 0 Å². The third-order valence-electron chi connectivity index (χ3n) is 4.16. The Labute approximate surface area is 171 Å². The van der Waals surface area contributed by atoms with Crippen LogP contribution in [-0.4, -0.2) is 21.9 Å². The summed E-state index contributed by atoms with van der Waals surface area (Å²) >= 11 is 0.906. The lowest BCUT2D eigenvalue weighted by Gasteiger charge is -2.13. The van der Waals surface area contributed by atoms with E-state index in [0.717, 1.165) is 28.6 Å². The van der Waals surface area contributed by atoms with Gasteiger partial charge in [0.15, 0.2) is 11.6 Å². The normalized spacial score (nSPS) is 11.6. The van der Waals surface area contributed by atoms with Crippen molar-refractivity contribution in [3.8, 4) is 22.9 Å². The monoisotopic (exact) mass is 443 g/mol. The number of benzene rings is 2. The average Bonchev–Trinajstić information content (AvgIpc) is 2.99. The molecule has 0 saturated carbocycles. The van der Waals surface area contributed by atoms with Crippen LogP contribution < -0.4 is 10.5 Å². The third-order valence-corrected chi connectivity index (χ3v) is 4.95. The number of halogens is 5. The number of aryl methyl sites for hydroxylation is 1. The second-order valence-corrected chi connectivity index (χ2v) is 6.93. The lowest BCUT2D eigenvalue weighted by atomic mass is 10.1. The Morgan fingerprint density at radius 2 is 1.90 bits per heavy atom. The van der Waals surface area contributed by atoms with Crippen molar-refractivity contribution in [2.45, 2.75) is 11.1 Å². The van der Waals surface area contributed by atoms with Crippen LogP contribution in [0.5, 0.6) is 11.6 Å². The standard InChI is InChI=1S/C19H14F5N3O2S/c1-27-16(10-4-3-5-12(20)15(10)21)14(17(25)28)18(26-27)29-9-6-7-13(30-2)11(8-9)19(22,23)24/h3-8H,1-2H3,(H2,25,28). The molecule has 1 aromatic heterocycles. The number of nitrogens with two attached hydrogens (primary N) is 1. The highest BCUT2D eigenvalue weighted by Crippen LogP contribution is 2.40. The number of amides is 1. The number of hydrogen-bond donors (Lipinski definition) is 1. The molecule has 0 fully saturated rings. The van der Waals surface area contributed by atoms with E-state index in [9.17, 15) is 26.7 Å². The van der Waals surface area contributed by atoms with Crippen molar-refractivity contribution in [2.75, 3.05) is 6.26 Å². The number of ether oxygens (including phenoxy) is 1. The Morgan fingerprint density at radius 3 is 2.50 bits per heavy atom. The zero-order chi connectivity index (χ0) is 22.2. The lowest BCUT2D eigenvalue weighted by molar-refractivity contribution is -0.139. The van der Waals surface area contributed by atoms with Gasteiger partial charge in [-0.15, -0.1) is 16.9 Å². The number of thioether (sulfide) groups is 1. The molecule has 1 amide bonds. The smallest absolute Gasteiger partial charge is 0.417 e. The largest absolute Gasteiger partial charge is 0.437 e. The minimum Gasteiger partial charge on any atom is -0.437 e. The maximum Gasteiger partial charge on any atom is 0.417 e. The molecule has 0 saturated heterocycles. The summed E-state index contributed by atoms with van der Waals surface area (Å²) in [6.07, 6.45) is -3.14. The number of carbonyl (C=O) groups is 1.